The summed E-state index contributed by atoms with van der Waals surface area (Å²) in [6.07, 6.45) is 11.4. The standard InChI is InChI=1S/C24H29N9.ClH/c25-14-20(16-4-2-1-3-5-16)32-24-28-11-10-19(31-24)21-15-29-23-22(27-12-13-33(21)23)30-18-8-6-17(26)7-9-18;/h1-5,10-13,15,17-18,20H,6-9,14,25-26H2,(H,27,30)(H,28,31,32);1H. The molecule has 0 aliphatic heterocycles. The minimum Gasteiger partial charge on any atom is -0.364 e. The van der Waals surface area contributed by atoms with E-state index >= 15 is 0 Å². The van der Waals surface area contributed by atoms with Crippen LogP contribution >= 0.6 is 12.4 Å². The first-order valence-electron chi connectivity index (χ1n) is 11.4. The molecule has 178 valence electrons. The van der Waals surface area contributed by atoms with E-state index in [4.69, 9.17) is 16.5 Å². The molecule has 0 spiro atoms. The number of hydrogen-bond donors (Lipinski definition) is 4. The number of nitrogens with one attached hydrogen (secondary N) is 2. The zero-order chi connectivity index (χ0) is 22.6. The zero-order valence-corrected chi connectivity index (χ0v) is 19.7. The van der Waals surface area contributed by atoms with Crippen molar-refractivity contribution >= 4 is 29.8 Å². The van der Waals surface area contributed by atoms with Gasteiger partial charge in [0.25, 0.3) is 0 Å². The summed E-state index contributed by atoms with van der Waals surface area (Å²) < 4.78 is 2.01. The van der Waals surface area contributed by atoms with E-state index in [-0.39, 0.29) is 18.4 Å². The van der Waals surface area contributed by atoms with Crippen molar-refractivity contribution in [3.05, 3.63) is 66.7 Å². The van der Waals surface area contributed by atoms with Gasteiger partial charge in [0.15, 0.2) is 11.5 Å². The van der Waals surface area contributed by atoms with Gasteiger partial charge in [-0.05, 0) is 37.3 Å². The second-order valence-electron chi connectivity index (χ2n) is 8.48. The fourth-order valence-corrected chi connectivity index (χ4v) is 4.36. The fraction of sp³-hybridized carbons (Fsp3) is 0.333. The van der Waals surface area contributed by atoms with Crippen molar-refractivity contribution in [2.45, 2.75) is 43.8 Å². The van der Waals surface area contributed by atoms with Crippen LogP contribution in [0.3, 0.4) is 0 Å². The zero-order valence-electron chi connectivity index (χ0n) is 18.8. The molecule has 4 aromatic rings. The maximum atomic E-state index is 6.05. The lowest BCUT2D eigenvalue weighted by Gasteiger charge is -2.27. The molecule has 6 N–H and O–H groups in total. The van der Waals surface area contributed by atoms with Crippen molar-refractivity contribution in [1.82, 2.24) is 24.3 Å². The van der Waals surface area contributed by atoms with Gasteiger partial charge in [-0.2, -0.15) is 0 Å². The van der Waals surface area contributed by atoms with Crippen LogP contribution in [-0.2, 0) is 0 Å². The fourth-order valence-electron chi connectivity index (χ4n) is 4.36. The van der Waals surface area contributed by atoms with Gasteiger partial charge in [0.05, 0.1) is 23.6 Å². The van der Waals surface area contributed by atoms with E-state index in [1.807, 2.05) is 53.2 Å². The molecule has 3 heterocycles. The molecule has 10 heteroatoms. The van der Waals surface area contributed by atoms with Crippen LogP contribution < -0.4 is 22.1 Å². The summed E-state index contributed by atoms with van der Waals surface area (Å²) in [7, 11) is 0. The second kappa shape index (κ2) is 10.8. The number of rotatable bonds is 7. The third-order valence-electron chi connectivity index (χ3n) is 6.20. The third kappa shape index (κ3) is 5.11. The molecular weight excluding hydrogens is 450 g/mol. The van der Waals surface area contributed by atoms with Crippen LogP contribution in [0.1, 0.15) is 37.3 Å². The lowest BCUT2D eigenvalue weighted by molar-refractivity contribution is 0.410. The highest BCUT2D eigenvalue weighted by Gasteiger charge is 2.20. The Hall–Kier alpha value is -3.27. The molecule has 0 amide bonds. The van der Waals surface area contributed by atoms with Crippen molar-refractivity contribution in [3.63, 3.8) is 0 Å². The number of anilines is 2. The molecule has 0 saturated heterocycles. The van der Waals surface area contributed by atoms with Crippen LogP contribution in [0.4, 0.5) is 11.8 Å². The molecule has 34 heavy (non-hydrogen) atoms. The quantitative estimate of drug-likeness (QED) is 0.317. The van der Waals surface area contributed by atoms with Gasteiger partial charge in [-0.1, -0.05) is 30.3 Å². The second-order valence-corrected chi connectivity index (χ2v) is 8.48. The van der Waals surface area contributed by atoms with Gasteiger partial charge >= 0.3 is 0 Å². The van der Waals surface area contributed by atoms with Crippen LogP contribution in [0.2, 0.25) is 0 Å². The van der Waals surface area contributed by atoms with Crippen LogP contribution in [0.5, 0.6) is 0 Å². The summed E-state index contributed by atoms with van der Waals surface area (Å²) in [5.74, 6) is 1.30. The van der Waals surface area contributed by atoms with Crippen LogP contribution in [-0.4, -0.2) is 43.0 Å². The molecule has 1 unspecified atom stereocenters. The van der Waals surface area contributed by atoms with Gasteiger partial charge in [-0.15, -0.1) is 12.4 Å². The lowest BCUT2D eigenvalue weighted by atomic mass is 9.92. The average molecular weight is 480 g/mol. The number of nitrogens with two attached hydrogens (primary N) is 2. The highest BCUT2D eigenvalue weighted by atomic mass is 35.5. The Kier molecular flexibility index (Phi) is 7.56. The largest absolute Gasteiger partial charge is 0.364 e. The van der Waals surface area contributed by atoms with Crippen molar-refractivity contribution in [2.75, 3.05) is 17.2 Å². The molecule has 1 saturated carbocycles. The number of imidazole rings is 1. The minimum atomic E-state index is -0.0766. The summed E-state index contributed by atoms with van der Waals surface area (Å²) in [6.45, 7) is 0.431. The topological polar surface area (TPSA) is 132 Å². The van der Waals surface area contributed by atoms with Gasteiger partial charge in [0.1, 0.15) is 0 Å². The number of nitrogens with zero attached hydrogens (tertiary/aromatic N) is 5. The summed E-state index contributed by atoms with van der Waals surface area (Å²) in [5, 5.41) is 6.92. The minimum absolute atomic E-state index is 0. The summed E-state index contributed by atoms with van der Waals surface area (Å²) in [4.78, 5) is 18.3. The molecule has 1 aromatic carbocycles. The molecule has 5 rings (SSSR count). The molecule has 3 aromatic heterocycles. The monoisotopic (exact) mass is 479 g/mol. The highest BCUT2D eigenvalue weighted by molar-refractivity contribution is 5.85. The third-order valence-corrected chi connectivity index (χ3v) is 6.20. The van der Waals surface area contributed by atoms with Crippen molar-refractivity contribution in [3.8, 4) is 11.4 Å². The first-order valence-corrected chi connectivity index (χ1v) is 11.4. The van der Waals surface area contributed by atoms with Gasteiger partial charge in [0, 0.05) is 37.2 Å². The molecule has 1 aliphatic rings. The van der Waals surface area contributed by atoms with Gasteiger partial charge in [-0.25, -0.2) is 19.9 Å². The first kappa shape index (κ1) is 23.9. The lowest BCUT2D eigenvalue weighted by Crippen LogP contribution is -2.33. The number of hydrogen-bond acceptors (Lipinski definition) is 8. The first-order chi connectivity index (χ1) is 16.2. The van der Waals surface area contributed by atoms with E-state index in [1.165, 1.54) is 0 Å². The Morgan fingerprint density at radius 3 is 2.56 bits per heavy atom. The van der Waals surface area contributed by atoms with Crippen molar-refractivity contribution in [1.29, 1.82) is 0 Å². The SMILES string of the molecule is Cl.NCC(Nc1nccc(-c2cnc3c(NC4CCC(N)CC4)nccn23)n1)c1ccccc1. The van der Waals surface area contributed by atoms with Gasteiger partial charge in [0.2, 0.25) is 5.95 Å². The van der Waals surface area contributed by atoms with E-state index in [0.717, 1.165) is 54.1 Å². The molecule has 0 bridgehead atoms. The number of fused-ring (bicyclic) bond motifs is 1. The predicted octanol–water partition coefficient (Wildman–Crippen LogP) is 3.40. The Morgan fingerprint density at radius 2 is 1.79 bits per heavy atom. The van der Waals surface area contributed by atoms with Crippen LogP contribution in [0.15, 0.2) is 61.2 Å². The highest BCUT2D eigenvalue weighted by Crippen LogP contribution is 2.26. The molecule has 0 radical (unpaired) electrons. The van der Waals surface area contributed by atoms with Crippen LogP contribution in [0, 0.1) is 0 Å². The van der Waals surface area contributed by atoms with E-state index in [2.05, 4.69) is 25.6 Å². The van der Waals surface area contributed by atoms with E-state index in [1.54, 1.807) is 12.4 Å². The van der Waals surface area contributed by atoms with E-state index < -0.39 is 0 Å². The molecule has 9 nitrogen and oxygen atoms in total. The molecular formula is C24H30ClN9. The van der Waals surface area contributed by atoms with Gasteiger partial charge < -0.3 is 22.1 Å². The van der Waals surface area contributed by atoms with Crippen molar-refractivity contribution in [2.24, 2.45) is 11.5 Å². The maximum absolute atomic E-state index is 6.05. The Bertz CT molecular complexity index is 1210. The maximum Gasteiger partial charge on any atom is 0.223 e. The smallest absolute Gasteiger partial charge is 0.223 e. The molecule has 1 aliphatic carbocycles. The Labute approximate surface area is 204 Å². The van der Waals surface area contributed by atoms with Crippen LogP contribution in [0.25, 0.3) is 17.0 Å². The predicted molar refractivity (Wildman–Crippen MR) is 137 cm³/mol. The number of benzene rings is 1. The van der Waals surface area contributed by atoms with Gasteiger partial charge in [-0.3, -0.25) is 4.40 Å². The summed E-state index contributed by atoms with van der Waals surface area (Å²) in [6, 6.07) is 12.5. The number of aromatic nitrogens is 5. The normalized spacial score (nSPS) is 18.8. The summed E-state index contributed by atoms with van der Waals surface area (Å²) >= 11 is 0. The molecule has 1 atom stereocenters. The molecule has 1 fully saturated rings. The Balaban J connectivity index is 0.00000274. The van der Waals surface area contributed by atoms with E-state index in [0.29, 0.717) is 24.6 Å². The Morgan fingerprint density at radius 1 is 1.00 bits per heavy atom. The van der Waals surface area contributed by atoms with E-state index in [9.17, 15) is 0 Å². The average Bonchev–Trinajstić information content (AvgIpc) is 3.30. The summed E-state index contributed by atoms with van der Waals surface area (Å²) in [5.41, 5.74) is 15.6. The number of halogens is 1. The van der Waals surface area contributed by atoms with Crippen molar-refractivity contribution < 1.29 is 0 Å².